The van der Waals surface area contributed by atoms with E-state index in [0.717, 1.165) is 39.3 Å². The molecule has 1 aliphatic rings. The third-order valence-electron chi connectivity index (χ3n) is 2.00. The first-order valence-corrected chi connectivity index (χ1v) is 4.55. The first kappa shape index (κ1) is 10.2. The van der Waals surface area contributed by atoms with Gasteiger partial charge in [-0.15, -0.1) is 0 Å². The second-order valence-electron chi connectivity index (χ2n) is 3.05. The van der Waals surface area contributed by atoms with Crippen LogP contribution in [0.15, 0.2) is 12.2 Å². The lowest BCUT2D eigenvalue weighted by Gasteiger charge is -2.25. The fourth-order valence-corrected chi connectivity index (χ4v) is 1.28. The minimum Gasteiger partial charge on any atom is -0.379 e. The van der Waals surface area contributed by atoms with Crippen LogP contribution >= 0.6 is 0 Å². The Kier molecular flexibility index (Phi) is 4.49. The summed E-state index contributed by atoms with van der Waals surface area (Å²) in [6, 6.07) is 0. The summed E-state index contributed by atoms with van der Waals surface area (Å²) in [7, 11) is 0. The fourth-order valence-electron chi connectivity index (χ4n) is 1.28. The van der Waals surface area contributed by atoms with Crippen LogP contribution in [0, 0.1) is 0 Å². The van der Waals surface area contributed by atoms with Crippen LogP contribution in [0.3, 0.4) is 0 Å². The maximum Gasteiger partial charge on any atom is 0.241 e. The highest BCUT2D eigenvalue weighted by Gasteiger charge is 2.07. The van der Waals surface area contributed by atoms with Gasteiger partial charge in [0.25, 0.3) is 0 Å². The van der Waals surface area contributed by atoms with Crippen molar-refractivity contribution in [1.82, 2.24) is 4.90 Å². The topological polar surface area (TPSA) is 55.6 Å². The largest absolute Gasteiger partial charge is 0.379 e. The Morgan fingerprint density at radius 1 is 1.46 bits per heavy atom. The van der Waals surface area contributed by atoms with Gasteiger partial charge in [0.15, 0.2) is 0 Å². The number of hydrogen-bond donors (Lipinski definition) is 1. The molecule has 0 bridgehead atoms. The van der Waals surface area contributed by atoms with Crippen LogP contribution < -0.4 is 5.73 Å². The molecule has 1 heterocycles. The zero-order chi connectivity index (χ0) is 9.52. The van der Waals surface area contributed by atoms with E-state index in [1.54, 1.807) is 0 Å². The predicted octanol–water partition coefficient (Wildman–Crippen LogP) is -0.250. The van der Waals surface area contributed by atoms with Gasteiger partial charge in [0.1, 0.15) is 0 Å². The zero-order valence-electron chi connectivity index (χ0n) is 7.74. The number of amides is 1. The molecule has 1 fully saturated rings. The lowest BCUT2D eigenvalue weighted by atomic mass is 10.3. The lowest BCUT2D eigenvalue weighted by Crippen LogP contribution is -2.36. The zero-order valence-corrected chi connectivity index (χ0v) is 7.74. The molecule has 0 radical (unpaired) electrons. The van der Waals surface area contributed by atoms with Crippen LogP contribution in [-0.2, 0) is 9.53 Å². The van der Waals surface area contributed by atoms with E-state index >= 15 is 0 Å². The molecule has 1 amide bonds. The van der Waals surface area contributed by atoms with Crippen LogP contribution in [0.5, 0.6) is 0 Å². The van der Waals surface area contributed by atoms with E-state index in [9.17, 15) is 4.79 Å². The monoisotopic (exact) mass is 184 g/mol. The molecule has 1 saturated heterocycles. The van der Waals surface area contributed by atoms with Crippen molar-refractivity contribution in [2.45, 2.75) is 6.42 Å². The first-order valence-electron chi connectivity index (χ1n) is 4.55. The van der Waals surface area contributed by atoms with Crippen molar-refractivity contribution < 1.29 is 9.53 Å². The average molecular weight is 184 g/mol. The minimum atomic E-state index is -0.373. The normalized spacial score (nSPS) is 19.4. The molecule has 2 N–H and O–H groups in total. The Morgan fingerprint density at radius 2 is 2.15 bits per heavy atom. The van der Waals surface area contributed by atoms with Crippen molar-refractivity contribution in [1.29, 1.82) is 0 Å². The van der Waals surface area contributed by atoms with Crippen LogP contribution in [0.4, 0.5) is 0 Å². The van der Waals surface area contributed by atoms with Crippen molar-refractivity contribution in [2.75, 3.05) is 32.8 Å². The molecule has 1 rings (SSSR count). The highest BCUT2D eigenvalue weighted by Crippen LogP contribution is 1.98. The molecule has 0 saturated carbocycles. The summed E-state index contributed by atoms with van der Waals surface area (Å²) in [4.78, 5) is 12.7. The molecule has 0 unspecified atom stereocenters. The van der Waals surface area contributed by atoms with Gasteiger partial charge in [-0.1, -0.05) is 6.08 Å². The van der Waals surface area contributed by atoms with Gasteiger partial charge in [-0.3, -0.25) is 9.69 Å². The maximum atomic E-state index is 10.4. The number of ether oxygens (including phenoxy) is 1. The quantitative estimate of drug-likeness (QED) is 0.613. The Morgan fingerprint density at radius 3 is 2.77 bits per heavy atom. The summed E-state index contributed by atoms with van der Waals surface area (Å²) in [5.74, 6) is -0.373. The van der Waals surface area contributed by atoms with E-state index in [-0.39, 0.29) is 5.91 Å². The van der Waals surface area contributed by atoms with Gasteiger partial charge in [-0.2, -0.15) is 0 Å². The molecular formula is C9H16N2O2. The second kappa shape index (κ2) is 5.72. The summed E-state index contributed by atoms with van der Waals surface area (Å²) in [5, 5.41) is 0. The van der Waals surface area contributed by atoms with Crippen molar-refractivity contribution in [3.05, 3.63) is 12.2 Å². The summed E-state index contributed by atoms with van der Waals surface area (Å²) in [6.45, 7) is 4.60. The van der Waals surface area contributed by atoms with E-state index in [4.69, 9.17) is 10.5 Å². The minimum absolute atomic E-state index is 0.373. The highest BCUT2D eigenvalue weighted by atomic mass is 16.5. The van der Waals surface area contributed by atoms with Gasteiger partial charge in [-0.05, 0) is 12.5 Å². The van der Waals surface area contributed by atoms with Crippen LogP contribution in [0.25, 0.3) is 0 Å². The van der Waals surface area contributed by atoms with E-state index in [1.165, 1.54) is 6.08 Å². The van der Waals surface area contributed by atoms with E-state index in [0.29, 0.717) is 0 Å². The molecular weight excluding hydrogens is 168 g/mol. The number of rotatable bonds is 4. The van der Waals surface area contributed by atoms with E-state index in [1.807, 2.05) is 6.08 Å². The summed E-state index contributed by atoms with van der Waals surface area (Å²) in [5.41, 5.74) is 4.95. The van der Waals surface area contributed by atoms with E-state index < -0.39 is 0 Å². The molecule has 4 heteroatoms. The molecule has 0 atom stereocenters. The fraction of sp³-hybridized carbons (Fsp3) is 0.667. The third kappa shape index (κ3) is 4.65. The van der Waals surface area contributed by atoms with E-state index in [2.05, 4.69) is 4.90 Å². The number of hydrogen-bond acceptors (Lipinski definition) is 3. The van der Waals surface area contributed by atoms with Gasteiger partial charge >= 0.3 is 0 Å². The highest BCUT2D eigenvalue weighted by molar-refractivity contribution is 5.85. The molecule has 1 aliphatic heterocycles. The van der Waals surface area contributed by atoms with Crippen LogP contribution in [0.1, 0.15) is 6.42 Å². The summed E-state index contributed by atoms with van der Waals surface area (Å²) >= 11 is 0. The molecule has 0 spiro atoms. The number of primary amides is 1. The third-order valence-corrected chi connectivity index (χ3v) is 2.00. The van der Waals surface area contributed by atoms with Gasteiger partial charge in [0, 0.05) is 19.6 Å². The van der Waals surface area contributed by atoms with Gasteiger partial charge in [-0.25, -0.2) is 0 Å². The standard InChI is InChI=1S/C9H16N2O2/c10-9(12)3-1-2-4-11-5-7-13-8-6-11/h1,3H,2,4-8H2,(H2,10,12). The van der Waals surface area contributed by atoms with Crippen LogP contribution in [-0.4, -0.2) is 43.7 Å². The van der Waals surface area contributed by atoms with Crippen molar-refractivity contribution >= 4 is 5.91 Å². The number of morpholine rings is 1. The van der Waals surface area contributed by atoms with Gasteiger partial charge in [0.05, 0.1) is 13.2 Å². The van der Waals surface area contributed by atoms with Crippen molar-refractivity contribution in [3.8, 4) is 0 Å². The van der Waals surface area contributed by atoms with Crippen LogP contribution in [0.2, 0.25) is 0 Å². The first-order chi connectivity index (χ1) is 6.29. The summed E-state index contributed by atoms with van der Waals surface area (Å²) in [6.07, 6.45) is 4.11. The Labute approximate surface area is 78.3 Å². The van der Waals surface area contributed by atoms with Crippen molar-refractivity contribution in [2.24, 2.45) is 5.73 Å². The molecule has 0 aromatic carbocycles. The number of nitrogens with two attached hydrogens (primary N) is 1. The summed E-state index contributed by atoms with van der Waals surface area (Å²) < 4.78 is 5.21. The smallest absolute Gasteiger partial charge is 0.241 e. The molecule has 74 valence electrons. The number of carbonyl (C=O) groups is 1. The molecule has 13 heavy (non-hydrogen) atoms. The van der Waals surface area contributed by atoms with Crippen molar-refractivity contribution in [3.63, 3.8) is 0 Å². The number of carbonyl (C=O) groups excluding carboxylic acids is 1. The Hall–Kier alpha value is -0.870. The maximum absolute atomic E-state index is 10.4. The Balaban J connectivity index is 2.07. The average Bonchev–Trinajstić information content (AvgIpc) is 2.14. The molecule has 0 aliphatic carbocycles. The second-order valence-corrected chi connectivity index (χ2v) is 3.05. The Bertz CT molecular complexity index is 186. The molecule has 4 nitrogen and oxygen atoms in total. The number of nitrogens with zero attached hydrogens (tertiary/aromatic N) is 1. The molecule has 0 aromatic rings. The lowest BCUT2D eigenvalue weighted by molar-refractivity contribution is -0.113. The SMILES string of the molecule is NC(=O)C=CCCN1CCOCC1. The van der Waals surface area contributed by atoms with Gasteiger partial charge < -0.3 is 10.5 Å². The predicted molar refractivity (Wildman–Crippen MR) is 50.2 cm³/mol. The molecule has 0 aromatic heterocycles. The van der Waals surface area contributed by atoms with Gasteiger partial charge in [0.2, 0.25) is 5.91 Å².